The average Bonchev–Trinajstić information content (AvgIpc) is 3.81. The van der Waals surface area contributed by atoms with Gasteiger partial charge in [-0.3, -0.25) is 19.2 Å². The van der Waals surface area contributed by atoms with E-state index in [9.17, 15) is 14.4 Å². The van der Waals surface area contributed by atoms with E-state index < -0.39 is 5.60 Å². The molecule has 0 spiro atoms. The highest BCUT2D eigenvalue weighted by Gasteiger charge is 2.73. The van der Waals surface area contributed by atoms with E-state index in [0.29, 0.717) is 73.4 Å². The van der Waals surface area contributed by atoms with Crippen LogP contribution in [0.5, 0.6) is 0 Å². The lowest BCUT2D eigenvalue weighted by Gasteiger charge is -2.73. The second kappa shape index (κ2) is 15.3. The van der Waals surface area contributed by atoms with Gasteiger partial charge in [-0.1, -0.05) is 60.5 Å². The van der Waals surface area contributed by atoms with Gasteiger partial charge in [0.1, 0.15) is 24.1 Å². The summed E-state index contributed by atoms with van der Waals surface area (Å²) < 4.78 is 11.5. The predicted octanol–water partition coefficient (Wildman–Crippen LogP) is 10.8. The van der Waals surface area contributed by atoms with Crippen molar-refractivity contribution in [1.29, 1.82) is 0 Å². The van der Waals surface area contributed by atoms with Crippen LogP contribution in [0.3, 0.4) is 0 Å². The Morgan fingerprint density at radius 1 is 0.787 bits per heavy atom. The Kier molecular flexibility index (Phi) is 11.3. The molecule has 0 aromatic heterocycles. The third kappa shape index (κ3) is 7.06. The molecule has 9 nitrogen and oxygen atoms in total. The van der Waals surface area contributed by atoms with Crippen LogP contribution < -0.4 is 0 Å². The van der Waals surface area contributed by atoms with Crippen LogP contribution >= 0.6 is 0 Å². The largest absolute Gasteiger partial charge is 0.462 e. The van der Waals surface area contributed by atoms with Gasteiger partial charge in [0.2, 0.25) is 5.91 Å². The van der Waals surface area contributed by atoms with E-state index in [1.165, 1.54) is 38.5 Å². The number of ether oxygens (including phenoxy) is 2. The van der Waals surface area contributed by atoms with Crippen LogP contribution in [0.25, 0.3) is 0 Å². The smallest absolute Gasteiger partial charge is 0.310 e. The van der Waals surface area contributed by atoms with E-state index in [0.717, 1.165) is 63.5 Å². The van der Waals surface area contributed by atoms with Crippen LogP contribution in [0.15, 0.2) is 5.16 Å². The van der Waals surface area contributed by atoms with Crippen LogP contribution in [0.4, 0.5) is 0 Å². The molecule has 1 heterocycles. The molecule has 61 heavy (non-hydrogen) atoms. The molecule has 7 aliphatic carbocycles. The summed E-state index contributed by atoms with van der Waals surface area (Å²) in [6, 6.07) is 0. The van der Waals surface area contributed by atoms with E-state index in [2.05, 4.69) is 60.5 Å². The van der Waals surface area contributed by atoms with Gasteiger partial charge in [0.25, 0.3) is 6.47 Å². The van der Waals surface area contributed by atoms with Gasteiger partial charge < -0.3 is 19.2 Å². The molecule has 8 aliphatic rings. The quantitative estimate of drug-likeness (QED) is 0.109. The second-order valence-corrected chi connectivity index (χ2v) is 25.0. The molecule has 1 saturated heterocycles. The number of piperidine rings is 1. The van der Waals surface area contributed by atoms with E-state index in [4.69, 9.17) is 14.3 Å². The number of rotatable bonds is 12. The number of carbonyl (C=O) groups excluding carboxylic acids is 4. The first-order valence-electron chi connectivity index (χ1n) is 24.8. The molecular weight excluding hydrogens is 765 g/mol. The molecule has 8 fully saturated rings. The van der Waals surface area contributed by atoms with E-state index in [-0.39, 0.29) is 68.7 Å². The number of nitrogens with zero attached hydrogens (tertiary/aromatic N) is 2. The number of hydrogen-bond acceptors (Lipinski definition) is 8. The second-order valence-electron chi connectivity index (χ2n) is 25.0. The van der Waals surface area contributed by atoms with Gasteiger partial charge in [-0.2, -0.15) is 0 Å². The Balaban J connectivity index is 0.988. The summed E-state index contributed by atoms with van der Waals surface area (Å²) in [7, 11) is 0. The molecule has 1 amide bonds. The fraction of sp³-hybridized carbons (Fsp3) is 0.904. The van der Waals surface area contributed by atoms with Crippen molar-refractivity contribution in [1.82, 2.24) is 4.90 Å². The van der Waals surface area contributed by atoms with Crippen LogP contribution in [0, 0.1) is 79.3 Å². The molecule has 0 bridgehead atoms. The summed E-state index contributed by atoms with van der Waals surface area (Å²) in [5, 5.41) is 4.26. The van der Waals surface area contributed by atoms with Crippen molar-refractivity contribution in [3.8, 4) is 0 Å². The fourth-order valence-electron chi connectivity index (χ4n) is 17.0. The van der Waals surface area contributed by atoms with Crippen LogP contribution in [-0.4, -0.2) is 66.1 Å². The summed E-state index contributed by atoms with van der Waals surface area (Å²) in [5.41, 5.74) is 0.439. The Bertz CT molecular complexity index is 1770. The SMILES string of the molecule is CCON=C1CCN(C(=O)[C@H]2C[C@@H](CC(=O)[C@]34CC[C@@H](C5(C)CC5)[C@@H]3[C@H]3CC[C@@H]5[C@@]6(C)CC[C@H](OC(=O)CC(C)(C)OC=O)C(C)(C)[C@@H]6CC[C@@]5(C)[C@]3(C)CC4)C2(C)C)CC1. The number of ketones is 1. The minimum Gasteiger partial charge on any atom is -0.462 e. The van der Waals surface area contributed by atoms with Crippen LogP contribution in [0.1, 0.15) is 185 Å². The molecule has 342 valence electrons. The number of fused-ring (bicyclic) bond motifs is 7. The summed E-state index contributed by atoms with van der Waals surface area (Å²) in [4.78, 5) is 61.0. The van der Waals surface area contributed by atoms with Crippen LogP contribution in [-0.2, 0) is 33.5 Å². The lowest BCUT2D eigenvalue weighted by Crippen LogP contribution is -2.67. The zero-order valence-corrected chi connectivity index (χ0v) is 40.1. The van der Waals surface area contributed by atoms with Crippen molar-refractivity contribution in [2.24, 2.45) is 84.5 Å². The van der Waals surface area contributed by atoms with Crippen molar-refractivity contribution in [2.75, 3.05) is 19.7 Å². The summed E-state index contributed by atoms with van der Waals surface area (Å²) in [6.45, 7) is 27.6. The molecule has 0 unspecified atom stereocenters. The predicted molar refractivity (Wildman–Crippen MR) is 237 cm³/mol. The van der Waals surface area contributed by atoms with E-state index in [1.54, 1.807) is 13.8 Å². The molecular formula is C52H82N2O7. The highest BCUT2D eigenvalue weighted by molar-refractivity contribution is 5.89. The lowest BCUT2D eigenvalue weighted by molar-refractivity contribution is -0.251. The standard InChI is InChI=1S/C52H82N2O7/c1-12-60-53-34-18-27-54(28-19-34)44(58)37-29-33(46(37,4)5)30-40(56)52-22-15-35(48(8)23-24-48)43(52)36-13-14-39-49(9)20-17-41(61-42(57)31-45(2,3)59-32-55)47(6,7)38(49)16-21-51(39,11)50(36,10)25-26-52/h32-33,35-39,41,43H,12-31H2,1-11H3/t33-,35+,36+,37+,38-,39+,41-,43+,49-,50+,51+,52+/m0/s1. The molecule has 12 atom stereocenters. The monoisotopic (exact) mass is 847 g/mol. The average molecular weight is 847 g/mol. The first kappa shape index (κ1) is 45.1. The van der Waals surface area contributed by atoms with Crippen LogP contribution in [0.2, 0.25) is 0 Å². The molecule has 0 aromatic carbocycles. The van der Waals surface area contributed by atoms with Gasteiger partial charge in [-0.15, -0.1) is 0 Å². The Morgan fingerprint density at radius 2 is 1.49 bits per heavy atom. The Labute approximate surface area is 368 Å². The first-order chi connectivity index (χ1) is 28.5. The first-order valence-corrected chi connectivity index (χ1v) is 24.8. The minimum atomic E-state index is -0.888. The number of esters is 1. The minimum absolute atomic E-state index is 0.0192. The number of oxime groups is 1. The summed E-state index contributed by atoms with van der Waals surface area (Å²) in [6.07, 6.45) is 16.6. The third-order valence-corrected chi connectivity index (χ3v) is 21.2. The van der Waals surface area contributed by atoms with Gasteiger partial charge in [-0.25, -0.2) is 0 Å². The zero-order valence-electron chi connectivity index (χ0n) is 40.1. The molecule has 8 rings (SSSR count). The maximum absolute atomic E-state index is 15.4. The van der Waals surface area contributed by atoms with Crippen molar-refractivity contribution in [3.05, 3.63) is 0 Å². The zero-order chi connectivity index (χ0) is 44.2. The molecule has 1 aliphatic heterocycles. The number of hydrogen-bond donors (Lipinski definition) is 0. The highest BCUT2D eigenvalue weighted by Crippen LogP contribution is 2.79. The summed E-state index contributed by atoms with van der Waals surface area (Å²) in [5.74, 6) is 3.43. The number of carbonyl (C=O) groups is 4. The lowest BCUT2D eigenvalue weighted by atomic mass is 9.32. The highest BCUT2D eigenvalue weighted by atomic mass is 16.6. The Hall–Kier alpha value is -2.45. The maximum atomic E-state index is 15.4. The van der Waals surface area contributed by atoms with Crippen molar-refractivity contribution in [2.45, 2.75) is 197 Å². The Morgan fingerprint density at radius 3 is 2.13 bits per heavy atom. The van der Waals surface area contributed by atoms with Gasteiger partial charge in [-0.05, 0) is 167 Å². The third-order valence-electron chi connectivity index (χ3n) is 21.2. The normalized spacial score (nSPS) is 42.9. The number of likely N-dealkylation sites (tertiary alicyclic amines) is 1. The van der Waals surface area contributed by atoms with E-state index in [1.807, 2.05) is 11.8 Å². The maximum Gasteiger partial charge on any atom is 0.310 e. The topological polar surface area (TPSA) is 112 Å². The number of Topliss-reactive ketones (excluding diaryl/α,β-unsaturated/α-hetero) is 1. The molecule has 0 aromatic rings. The van der Waals surface area contributed by atoms with Crippen molar-refractivity contribution >= 4 is 29.8 Å². The van der Waals surface area contributed by atoms with Crippen molar-refractivity contribution in [3.63, 3.8) is 0 Å². The van der Waals surface area contributed by atoms with Gasteiger partial charge >= 0.3 is 5.97 Å². The van der Waals surface area contributed by atoms with Gasteiger partial charge in [0.05, 0.1) is 12.1 Å². The molecule has 0 radical (unpaired) electrons. The fourth-order valence-corrected chi connectivity index (χ4v) is 17.0. The molecule has 9 heteroatoms. The van der Waals surface area contributed by atoms with Crippen molar-refractivity contribution < 1.29 is 33.5 Å². The van der Waals surface area contributed by atoms with Gasteiger partial charge in [0, 0.05) is 49.1 Å². The van der Waals surface area contributed by atoms with Gasteiger partial charge in [0.15, 0.2) is 0 Å². The van der Waals surface area contributed by atoms with E-state index >= 15 is 4.79 Å². The number of amides is 1. The molecule has 7 saturated carbocycles. The summed E-state index contributed by atoms with van der Waals surface area (Å²) >= 11 is 0. The molecule has 0 N–H and O–H groups in total.